The van der Waals surface area contributed by atoms with Crippen molar-refractivity contribution >= 4 is 10.0 Å². The van der Waals surface area contributed by atoms with E-state index >= 15 is 0 Å². The number of aromatic nitrogens is 2. The van der Waals surface area contributed by atoms with Gasteiger partial charge in [-0.25, -0.2) is 13.1 Å². The Morgan fingerprint density at radius 1 is 1.35 bits per heavy atom. The molecular weight excluding hydrogens is 278 g/mol. The highest BCUT2D eigenvalue weighted by Gasteiger charge is 2.19. The molecule has 0 saturated heterocycles. The van der Waals surface area contributed by atoms with Gasteiger partial charge in [-0.15, -0.1) is 0 Å². The minimum absolute atomic E-state index is 0.167. The van der Waals surface area contributed by atoms with Gasteiger partial charge in [0, 0.05) is 25.4 Å². The number of hydrogen-bond acceptors (Lipinski definition) is 4. The monoisotopic (exact) mass is 295 g/mol. The van der Waals surface area contributed by atoms with Crippen molar-refractivity contribution in [2.24, 2.45) is 7.05 Å². The van der Waals surface area contributed by atoms with E-state index in [9.17, 15) is 8.42 Å². The third kappa shape index (κ3) is 3.00. The topological polar surface area (TPSA) is 73.2 Å². The van der Waals surface area contributed by atoms with Gasteiger partial charge in [0.1, 0.15) is 10.6 Å². The SMILES string of the molecule is COc1ccccc1CNS(=O)(=O)c1cn(C)nc1C. The van der Waals surface area contributed by atoms with Gasteiger partial charge < -0.3 is 4.74 Å². The molecule has 0 saturated carbocycles. The van der Waals surface area contributed by atoms with E-state index in [0.717, 1.165) is 5.56 Å². The minimum Gasteiger partial charge on any atom is -0.496 e. The molecule has 1 aromatic heterocycles. The molecule has 1 aromatic carbocycles. The molecule has 6 nitrogen and oxygen atoms in total. The summed E-state index contributed by atoms with van der Waals surface area (Å²) < 4.78 is 33.7. The maximum absolute atomic E-state index is 12.2. The number of nitrogens with one attached hydrogen (secondary N) is 1. The molecule has 0 aliphatic carbocycles. The van der Waals surface area contributed by atoms with Crippen molar-refractivity contribution in [2.45, 2.75) is 18.4 Å². The summed E-state index contributed by atoms with van der Waals surface area (Å²) in [6, 6.07) is 7.28. The minimum atomic E-state index is -3.58. The standard InChI is InChI=1S/C13H17N3O3S/c1-10-13(9-16(2)15-10)20(17,18)14-8-11-6-4-5-7-12(11)19-3/h4-7,9,14H,8H2,1-3H3. The summed E-state index contributed by atoms with van der Waals surface area (Å²) in [7, 11) is -0.341. The maximum atomic E-state index is 12.2. The number of benzene rings is 1. The van der Waals surface area contributed by atoms with Crippen LogP contribution in [0.1, 0.15) is 11.3 Å². The van der Waals surface area contributed by atoms with Gasteiger partial charge >= 0.3 is 0 Å². The van der Waals surface area contributed by atoms with Crippen molar-refractivity contribution in [3.63, 3.8) is 0 Å². The number of nitrogens with zero attached hydrogens (tertiary/aromatic N) is 2. The summed E-state index contributed by atoms with van der Waals surface area (Å²) in [5, 5.41) is 4.04. The molecule has 0 aliphatic heterocycles. The van der Waals surface area contributed by atoms with Crippen LogP contribution < -0.4 is 9.46 Å². The molecular formula is C13H17N3O3S. The van der Waals surface area contributed by atoms with E-state index in [2.05, 4.69) is 9.82 Å². The molecule has 0 aliphatic rings. The van der Waals surface area contributed by atoms with E-state index < -0.39 is 10.0 Å². The van der Waals surface area contributed by atoms with Crippen LogP contribution >= 0.6 is 0 Å². The van der Waals surface area contributed by atoms with Gasteiger partial charge in [-0.1, -0.05) is 18.2 Å². The van der Waals surface area contributed by atoms with Crippen molar-refractivity contribution in [3.8, 4) is 5.75 Å². The summed E-state index contributed by atoms with van der Waals surface area (Å²) >= 11 is 0. The fraction of sp³-hybridized carbons (Fsp3) is 0.308. The van der Waals surface area contributed by atoms with E-state index in [1.165, 1.54) is 10.9 Å². The smallest absolute Gasteiger partial charge is 0.244 e. The van der Waals surface area contributed by atoms with E-state index in [1.807, 2.05) is 18.2 Å². The lowest BCUT2D eigenvalue weighted by atomic mass is 10.2. The van der Waals surface area contributed by atoms with E-state index in [4.69, 9.17) is 4.74 Å². The number of para-hydroxylation sites is 1. The molecule has 0 fully saturated rings. The molecule has 0 amide bonds. The number of aryl methyl sites for hydroxylation is 2. The Bertz CT molecular complexity index is 707. The molecule has 0 atom stereocenters. The Balaban J connectivity index is 2.20. The van der Waals surface area contributed by atoms with Crippen LogP contribution in [-0.4, -0.2) is 25.3 Å². The van der Waals surface area contributed by atoms with E-state index in [0.29, 0.717) is 11.4 Å². The molecule has 0 bridgehead atoms. The molecule has 2 aromatic rings. The first-order valence-electron chi connectivity index (χ1n) is 6.06. The average Bonchev–Trinajstić information content (AvgIpc) is 2.76. The van der Waals surface area contributed by atoms with Crippen LogP contribution in [0.5, 0.6) is 5.75 Å². The predicted molar refractivity (Wildman–Crippen MR) is 75.0 cm³/mol. The van der Waals surface area contributed by atoms with Gasteiger partial charge in [0.25, 0.3) is 0 Å². The van der Waals surface area contributed by atoms with Gasteiger partial charge in [0.15, 0.2) is 0 Å². The summed E-state index contributed by atoms with van der Waals surface area (Å²) in [5.74, 6) is 0.651. The molecule has 108 valence electrons. The van der Waals surface area contributed by atoms with Gasteiger partial charge in [-0.3, -0.25) is 4.68 Å². The molecule has 1 N–H and O–H groups in total. The Kier molecular flexibility index (Phi) is 4.10. The second kappa shape index (κ2) is 5.64. The van der Waals surface area contributed by atoms with Crippen molar-refractivity contribution < 1.29 is 13.2 Å². The van der Waals surface area contributed by atoms with Crippen LogP contribution in [0.25, 0.3) is 0 Å². The molecule has 20 heavy (non-hydrogen) atoms. The zero-order chi connectivity index (χ0) is 14.8. The van der Waals surface area contributed by atoms with Crippen LogP contribution in [0.2, 0.25) is 0 Å². The van der Waals surface area contributed by atoms with Gasteiger partial charge in [-0.2, -0.15) is 5.10 Å². The quantitative estimate of drug-likeness (QED) is 0.900. The molecule has 1 heterocycles. The fourth-order valence-electron chi connectivity index (χ4n) is 1.94. The van der Waals surface area contributed by atoms with E-state index in [1.54, 1.807) is 27.1 Å². The van der Waals surface area contributed by atoms with Crippen molar-refractivity contribution in [1.29, 1.82) is 0 Å². The normalized spacial score (nSPS) is 11.6. The van der Waals surface area contributed by atoms with Crippen LogP contribution in [0.15, 0.2) is 35.4 Å². The molecule has 0 spiro atoms. The van der Waals surface area contributed by atoms with Gasteiger partial charge in [0.2, 0.25) is 10.0 Å². The fourth-order valence-corrected chi connectivity index (χ4v) is 3.16. The van der Waals surface area contributed by atoms with Crippen molar-refractivity contribution in [1.82, 2.24) is 14.5 Å². The Morgan fingerprint density at radius 2 is 2.05 bits per heavy atom. The van der Waals surface area contributed by atoms with Crippen molar-refractivity contribution in [2.75, 3.05) is 7.11 Å². The van der Waals surface area contributed by atoms with E-state index in [-0.39, 0.29) is 11.4 Å². The second-order valence-corrected chi connectivity index (χ2v) is 6.12. The van der Waals surface area contributed by atoms with Crippen LogP contribution in [0, 0.1) is 6.92 Å². The first-order chi connectivity index (χ1) is 9.44. The zero-order valence-electron chi connectivity index (χ0n) is 11.6. The van der Waals surface area contributed by atoms with Crippen LogP contribution in [0.3, 0.4) is 0 Å². The Labute approximate surface area is 118 Å². The third-order valence-corrected chi connectivity index (χ3v) is 4.41. The lowest BCUT2D eigenvalue weighted by Gasteiger charge is -2.09. The molecule has 7 heteroatoms. The molecule has 0 unspecified atom stereocenters. The second-order valence-electron chi connectivity index (χ2n) is 4.39. The lowest BCUT2D eigenvalue weighted by molar-refractivity contribution is 0.409. The number of hydrogen-bond donors (Lipinski definition) is 1. The predicted octanol–water partition coefficient (Wildman–Crippen LogP) is 1.22. The summed E-state index contributed by atoms with van der Waals surface area (Å²) in [6.45, 7) is 1.83. The lowest BCUT2D eigenvalue weighted by Crippen LogP contribution is -2.23. The number of methoxy groups -OCH3 is 1. The average molecular weight is 295 g/mol. The van der Waals surface area contributed by atoms with Crippen LogP contribution in [0.4, 0.5) is 0 Å². The maximum Gasteiger partial charge on any atom is 0.244 e. The molecule has 0 radical (unpaired) electrons. The zero-order valence-corrected chi connectivity index (χ0v) is 12.4. The summed E-state index contributed by atoms with van der Waals surface area (Å²) in [6.07, 6.45) is 1.49. The highest BCUT2D eigenvalue weighted by Crippen LogP contribution is 2.18. The van der Waals surface area contributed by atoms with Gasteiger partial charge in [0.05, 0.1) is 12.8 Å². The first-order valence-corrected chi connectivity index (χ1v) is 7.54. The number of rotatable bonds is 5. The van der Waals surface area contributed by atoms with Crippen molar-refractivity contribution in [3.05, 3.63) is 41.7 Å². The largest absolute Gasteiger partial charge is 0.496 e. The summed E-state index contributed by atoms with van der Waals surface area (Å²) in [5.41, 5.74) is 1.25. The third-order valence-electron chi connectivity index (χ3n) is 2.90. The highest BCUT2D eigenvalue weighted by molar-refractivity contribution is 7.89. The molecule has 2 rings (SSSR count). The Hall–Kier alpha value is -1.86. The van der Waals surface area contributed by atoms with Crippen LogP contribution in [-0.2, 0) is 23.6 Å². The first kappa shape index (κ1) is 14.5. The Morgan fingerprint density at radius 3 is 2.65 bits per heavy atom. The number of ether oxygens (including phenoxy) is 1. The highest BCUT2D eigenvalue weighted by atomic mass is 32.2. The summed E-state index contributed by atoms with van der Waals surface area (Å²) in [4.78, 5) is 0.190. The number of sulfonamides is 1. The van der Waals surface area contributed by atoms with Gasteiger partial charge in [-0.05, 0) is 13.0 Å².